The van der Waals surface area contributed by atoms with Crippen LogP contribution in [0.5, 0.6) is 0 Å². The Kier molecular flexibility index (Phi) is 5.84. The van der Waals surface area contributed by atoms with E-state index in [-0.39, 0.29) is 24.6 Å². The molecule has 1 aliphatic carbocycles. The molecular formula is C24H30N2O3. The number of esters is 1. The molecular weight excluding hydrogens is 364 g/mol. The third-order valence-electron chi connectivity index (χ3n) is 6.43. The Morgan fingerprint density at radius 3 is 2.55 bits per heavy atom. The lowest BCUT2D eigenvalue weighted by molar-refractivity contribution is -0.140. The van der Waals surface area contributed by atoms with E-state index < -0.39 is 5.97 Å². The summed E-state index contributed by atoms with van der Waals surface area (Å²) < 4.78 is 5.60. The molecule has 4 rings (SSSR count). The van der Waals surface area contributed by atoms with E-state index in [0.29, 0.717) is 5.56 Å². The molecule has 5 heteroatoms. The maximum absolute atomic E-state index is 13.2. The summed E-state index contributed by atoms with van der Waals surface area (Å²) in [6, 6.07) is 8.13. The van der Waals surface area contributed by atoms with Gasteiger partial charge >= 0.3 is 5.97 Å². The Morgan fingerprint density at radius 1 is 1.03 bits per heavy atom. The maximum atomic E-state index is 13.2. The molecule has 0 bridgehead atoms. The lowest BCUT2D eigenvalue weighted by Gasteiger charge is -2.38. The molecule has 2 aliphatic rings. The zero-order valence-corrected chi connectivity index (χ0v) is 17.4. The predicted octanol–water partition coefficient (Wildman–Crippen LogP) is 4.45. The average molecular weight is 395 g/mol. The van der Waals surface area contributed by atoms with E-state index in [1.54, 1.807) is 0 Å². The van der Waals surface area contributed by atoms with Crippen LogP contribution in [0.2, 0.25) is 0 Å². The summed E-state index contributed by atoms with van der Waals surface area (Å²) in [5.74, 6) is -0.491. The Hall–Kier alpha value is -2.43. The molecule has 0 saturated carbocycles. The minimum atomic E-state index is -0.396. The molecule has 29 heavy (non-hydrogen) atoms. The fraction of sp³-hybridized carbons (Fsp3) is 0.542. The topological polar surface area (TPSA) is 59.5 Å². The Bertz CT molecular complexity index is 914. The SMILES string of the molecule is CC1CCCC(C)N1C(=O)COC(=O)c1c2c(nc3ccccc13)CCCCC2. The third-order valence-corrected chi connectivity index (χ3v) is 6.43. The minimum absolute atomic E-state index is 0.0949. The standard InChI is InChI=1S/C24H30N2O3/c1-16-9-8-10-17(2)26(16)22(27)15-29-24(28)23-18-11-4-3-5-13-20(18)25-21-14-7-6-12-19(21)23/h6-7,12,14,16-17H,3-5,8-11,13,15H2,1-2H3. The molecule has 1 saturated heterocycles. The first-order chi connectivity index (χ1) is 14.1. The van der Waals surface area contributed by atoms with Gasteiger partial charge in [-0.3, -0.25) is 9.78 Å². The zero-order valence-electron chi connectivity index (χ0n) is 17.4. The first-order valence-corrected chi connectivity index (χ1v) is 10.9. The van der Waals surface area contributed by atoms with Gasteiger partial charge in [0.1, 0.15) is 0 Å². The summed E-state index contributed by atoms with van der Waals surface area (Å²) >= 11 is 0. The van der Waals surface area contributed by atoms with Gasteiger partial charge in [0.25, 0.3) is 5.91 Å². The van der Waals surface area contributed by atoms with Gasteiger partial charge in [-0.1, -0.05) is 24.6 Å². The molecule has 1 aromatic heterocycles. The van der Waals surface area contributed by atoms with Gasteiger partial charge in [-0.25, -0.2) is 4.79 Å². The lowest BCUT2D eigenvalue weighted by atomic mass is 9.97. The van der Waals surface area contributed by atoms with Crippen LogP contribution in [0.25, 0.3) is 10.9 Å². The number of carbonyl (C=O) groups is 2. The van der Waals surface area contributed by atoms with Crippen molar-refractivity contribution < 1.29 is 14.3 Å². The first kappa shape index (κ1) is 19.9. The summed E-state index contributed by atoms with van der Waals surface area (Å²) in [6.45, 7) is 3.95. The number of rotatable bonds is 3. The second kappa shape index (κ2) is 8.52. The summed E-state index contributed by atoms with van der Waals surface area (Å²) in [5, 5.41) is 0.824. The highest BCUT2D eigenvalue weighted by Crippen LogP contribution is 2.29. The average Bonchev–Trinajstić information content (AvgIpc) is 2.95. The normalized spacial score (nSPS) is 22.1. The molecule has 0 spiro atoms. The van der Waals surface area contributed by atoms with Crippen molar-refractivity contribution in [3.05, 3.63) is 41.1 Å². The number of para-hydroxylation sites is 1. The van der Waals surface area contributed by atoms with E-state index in [1.165, 1.54) is 0 Å². The van der Waals surface area contributed by atoms with Gasteiger partial charge in [0.2, 0.25) is 0 Å². The molecule has 2 unspecified atom stereocenters. The molecule has 2 aromatic rings. The Morgan fingerprint density at radius 2 is 1.76 bits per heavy atom. The van der Waals surface area contributed by atoms with Gasteiger partial charge in [0, 0.05) is 23.2 Å². The van der Waals surface area contributed by atoms with Crippen LogP contribution in [0.15, 0.2) is 24.3 Å². The van der Waals surface area contributed by atoms with Gasteiger partial charge in [-0.05, 0) is 70.4 Å². The summed E-state index contributed by atoms with van der Waals surface area (Å²) in [4.78, 5) is 32.7. The molecule has 2 atom stereocenters. The number of hydrogen-bond acceptors (Lipinski definition) is 4. The van der Waals surface area contributed by atoms with E-state index in [2.05, 4.69) is 13.8 Å². The van der Waals surface area contributed by atoms with Crippen LogP contribution in [-0.2, 0) is 22.4 Å². The summed E-state index contributed by atoms with van der Waals surface area (Å²) in [7, 11) is 0. The molecule has 1 amide bonds. The molecule has 2 heterocycles. The zero-order chi connectivity index (χ0) is 20.4. The van der Waals surface area contributed by atoms with Crippen LogP contribution in [-0.4, -0.2) is 40.5 Å². The van der Waals surface area contributed by atoms with Crippen molar-refractivity contribution in [2.75, 3.05) is 6.61 Å². The number of amides is 1. The van der Waals surface area contributed by atoms with E-state index in [4.69, 9.17) is 9.72 Å². The van der Waals surface area contributed by atoms with Crippen molar-refractivity contribution in [2.45, 2.75) is 77.3 Å². The number of fused-ring (bicyclic) bond motifs is 2. The van der Waals surface area contributed by atoms with Crippen LogP contribution >= 0.6 is 0 Å². The summed E-state index contributed by atoms with van der Waals surface area (Å²) in [6.07, 6.45) is 8.17. The largest absolute Gasteiger partial charge is 0.452 e. The first-order valence-electron chi connectivity index (χ1n) is 10.9. The summed E-state index contributed by atoms with van der Waals surface area (Å²) in [5.41, 5.74) is 3.46. The van der Waals surface area contributed by atoms with Crippen LogP contribution in [0.1, 0.15) is 74.0 Å². The Balaban J connectivity index is 1.60. The number of aryl methyl sites for hydroxylation is 1. The van der Waals surface area contributed by atoms with E-state index in [9.17, 15) is 9.59 Å². The van der Waals surface area contributed by atoms with Crippen molar-refractivity contribution in [3.63, 3.8) is 0 Å². The van der Waals surface area contributed by atoms with Crippen LogP contribution in [0.3, 0.4) is 0 Å². The van der Waals surface area contributed by atoms with Crippen molar-refractivity contribution in [2.24, 2.45) is 0 Å². The van der Waals surface area contributed by atoms with E-state index >= 15 is 0 Å². The van der Waals surface area contributed by atoms with Gasteiger partial charge in [0.15, 0.2) is 6.61 Å². The molecule has 1 fully saturated rings. The minimum Gasteiger partial charge on any atom is -0.452 e. The van der Waals surface area contributed by atoms with E-state index in [0.717, 1.165) is 73.5 Å². The predicted molar refractivity (Wildman–Crippen MR) is 113 cm³/mol. The molecule has 1 aromatic carbocycles. The third kappa shape index (κ3) is 4.00. The number of carbonyl (C=O) groups excluding carboxylic acids is 2. The lowest BCUT2D eigenvalue weighted by Crippen LogP contribution is -2.49. The number of ether oxygens (including phenoxy) is 1. The van der Waals surface area contributed by atoms with Crippen molar-refractivity contribution in [1.82, 2.24) is 9.88 Å². The van der Waals surface area contributed by atoms with Gasteiger partial charge in [-0.2, -0.15) is 0 Å². The maximum Gasteiger partial charge on any atom is 0.339 e. The van der Waals surface area contributed by atoms with Crippen LogP contribution in [0, 0.1) is 0 Å². The number of pyridine rings is 1. The number of aromatic nitrogens is 1. The van der Waals surface area contributed by atoms with Gasteiger partial charge < -0.3 is 9.64 Å². The number of nitrogens with zero attached hydrogens (tertiary/aromatic N) is 2. The van der Waals surface area contributed by atoms with Crippen LogP contribution < -0.4 is 0 Å². The highest BCUT2D eigenvalue weighted by molar-refractivity contribution is 6.05. The molecule has 5 nitrogen and oxygen atoms in total. The molecule has 154 valence electrons. The van der Waals surface area contributed by atoms with Crippen molar-refractivity contribution in [3.8, 4) is 0 Å². The number of benzene rings is 1. The van der Waals surface area contributed by atoms with Crippen LogP contribution in [0.4, 0.5) is 0 Å². The monoisotopic (exact) mass is 394 g/mol. The number of likely N-dealkylation sites (tertiary alicyclic amines) is 1. The number of piperidine rings is 1. The second-order valence-electron chi connectivity index (χ2n) is 8.50. The quantitative estimate of drug-likeness (QED) is 0.570. The van der Waals surface area contributed by atoms with E-state index in [1.807, 2.05) is 29.2 Å². The molecule has 1 aliphatic heterocycles. The molecule has 0 radical (unpaired) electrons. The van der Waals surface area contributed by atoms with Crippen molar-refractivity contribution in [1.29, 1.82) is 0 Å². The fourth-order valence-electron chi connectivity index (χ4n) is 4.97. The number of hydrogen-bond donors (Lipinski definition) is 0. The second-order valence-corrected chi connectivity index (χ2v) is 8.50. The fourth-order valence-corrected chi connectivity index (χ4v) is 4.97. The highest BCUT2D eigenvalue weighted by atomic mass is 16.5. The van der Waals surface area contributed by atoms with Gasteiger partial charge in [0.05, 0.1) is 11.1 Å². The van der Waals surface area contributed by atoms with Gasteiger partial charge in [-0.15, -0.1) is 0 Å². The molecule has 0 N–H and O–H groups in total. The smallest absolute Gasteiger partial charge is 0.339 e. The Labute approximate surface area is 172 Å². The van der Waals surface area contributed by atoms with Crippen molar-refractivity contribution >= 4 is 22.8 Å². The highest BCUT2D eigenvalue weighted by Gasteiger charge is 2.30.